The molecule has 0 saturated heterocycles. The maximum Gasteiger partial charge on any atom is 0.291 e. The molecular formula is C25H27N3O2. The molecule has 154 valence electrons. The minimum atomic E-state index is -0.227. The van der Waals surface area contributed by atoms with E-state index in [1.54, 1.807) is 0 Å². The van der Waals surface area contributed by atoms with Crippen molar-refractivity contribution in [1.29, 1.82) is 0 Å². The molecule has 30 heavy (non-hydrogen) atoms. The number of hydrogen-bond donors (Lipinski definition) is 2. The molecule has 2 aromatic carbocycles. The summed E-state index contributed by atoms with van der Waals surface area (Å²) in [4.78, 5) is 12.9. The molecule has 1 heterocycles. The summed E-state index contributed by atoms with van der Waals surface area (Å²) in [7, 11) is 0. The zero-order valence-corrected chi connectivity index (χ0v) is 17.7. The number of carbonyl (C=O) groups excluding carboxylic acids is 1. The van der Waals surface area contributed by atoms with Crippen LogP contribution in [0.4, 0.5) is 11.4 Å². The lowest BCUT2D eigenvalue weighted by Crippen LogP contribution is -2.14. The standard InChI is InChI=1S/C25H27N3O2/c1-16(2)18-12-14-19(15-13-18)26-25(29)24-17(3)23-21(10-7-11-22(23)30-24)28-27-20-8-5-4-6-9-20/h4-6,8-9,12-16,27H,7,10-11H2,1-3H3,(H,26,29)/b28-21+. The smallest absolute Gasteiger partial charge is 0.291 e. The number of para-hydroxylation sites is 1. The van der Waals surface area contributed by atoms with Crippen LogP contribution in [0.2, 0.25) is 0 Å². The van der Waals surface area contributed by atoms with Crippen LogP contribution in [-0.4, -0.2) is 11.6 Å². The molecule has 0 aliphatic heterocycles. The van der Waals surface area contributed by atoms with E-state index < -0.39 is 0 Å². The molecule has 1 aromatic heterocycles. The quantitative estimate of drug-likeness (QED) is 0.506. The molecule has 1 amide bonds. The molecule has 1 aliphatic rings. The highest BCUT2D eigenvalue weighted by Crippen LogP contribution is 2.30. The number of fused-ring (bicyclic) bond motifs is 1. The monoisotopic (exact) mass is 401 g/mol. The predicted octanol–water partition coefficient (Wildman–Crippen LogP) is 6.12. The lowest BCUT2D eigenvalue weighted by atomic mass is 9.93. The van der Waals surface area contributed by atoms with Gasteiger partial charge in [-0.25, -0.2) is 0 Å². The minimum Gasteiger partial charge on any atom is -0.455 e. The third-order valence-corrected chi connectivity index (χ3v) is 5.46. The maximum atomic E-state index is 12.9. The Kier molecular flexibility index (Phi) is 5.70. The first-order valence-corrected chi connectivity index (χ1v) is 10.4. The largest absolute Gasteiger partial charge is 0.455 e. The molecule has 0 bridgehead atoms. The first kappa shape index (κ1) is 20.0. The van der Waals surface area contributed by atoms with E-state index in [1.807, 2.05) is 61.5 Å². The van der Waals surface area contributed by atoms with Gasteiger partial charge in [0, 0.05) is 23.2 Å². The molecule has 4 rings (SSSR count). The second-order valence-electron chi connectivity index (χ2n) is 7.98. The molecule has 0 unspecified atom stereocenters. The van der Waals surface area contributed by atoms with Gasteiger partial charge in [-0.05, 0) is 55.5 Å². The fraction of sp³-hybridized carbons (Fsp3) is 0.280. The van der Waals surface area contributed by atoms with Crippen LogP contribution in [-0.2, 0) is 6.42 Å². The fourth-order valence-corrected chi connectivity index (χ4v) is 3.78. The van der Waals surface area contributed by atoms with E-state index in [1.165, 1.54) is 5.56 Å². The Morgan fingerprint density at radius 1 is 1.00 bits per heavy atom. The third-order valence-electron chi connectivity index (χ3n) is 5.46. The molecule has 5 heteroatoms. The molecule has 0 saturated carbocycles. The van der Waals surface area contributed by atoms with Crippen LogP contribution < -0.4 is 10.7 Å². The van der Waals surface area contributed by atoms with Crippen LogP contribution in [0.25, 0.3) is 0 Å². The predicted molar refractivity (Wildman–Crippen MR) is 121 cm³/mol. The zero-order chi connectivity index (χ0) is 21.1. The third kappa shape index (κ3) is 4.15. The van der Waals surface area contributed by atoms with Crippen molar-refractivity contribution in [3.8, 4) is 0 Å². The summed E-state index contributed by atoms with van der Waals surface area (Å²) in [5.74, 6) is 1.43. The topological polar surface area (TPSA) is 66.6 Å². The Morgan fingerprint density at radius 2 is 1.73 bits per heavy atom. The Morgan fingerprint density at radius 3 is 2.43 bits per heavy atom. The van der Waals surface area contributed by atoms with Gasteiger partial charge in [-0.15, -0.1) is 0 Å². The number of furan rings is 1. The second-order valence-corrected chi connectivity index (χ2v) is 7.98. The van der Waals surface area contributed by atoms with Gasteiger partial charge in [-0.1, -0.05) is 44.2 Å². The SMILES string of the molecule is Cc1c(C(=O)Nc2ccc(C(C)C)cc2)oc2c1/C(=N/Nc1ccccc1)CCC2. The summed E-state index contributed by atoms with van der Waals surface area (Å²) in [6.07, 6.45) is 2.62. The van der Waals surface area contributed by atoms with Gasteiger partial charge in [0.15, 0.2) is 5.76 Å². The summed E-state index contributed by atoms with van der Waals surface area (Å²) < 4.78 is 5.99. The van der Waals surface area contributed by atoms with Crippen molar-refractivity contribution in [2.45, 2.75) is 46.0 Å². The van der Waals surface area contributed by atoms with Crippen LogP contribution in [0, 0.1) is 6.92 Å². The number of anilines is 2. The molecule has 0 atom stereocenters. The van der Waals surface area contributed by atoms with E-state index in [0.717, 1.165) is 53.2 Å². The van der Waals surface area contributed by atoms with Crippen LogP contribution in [0.3, 0.4) is 0 Å². The maximum absolute atomic E-state index is 12.9. The molecule has 5 nitrogen and oxygen atoms in total. The molecule has 0 fully saturated rings. The summed E-state index contributed by atoms with van der Waals surface area (Å²) in [5, 5.41) is 7.57. The van der Waals surface area contributed by atoms with Crippen molar-refractivity contribution >= 4 is 23.0 Å². The molecule has 2 N–H and O–H groups in total. The number of aryl methyl sites for hydroxylation is 1. The number of amides is 1. The number of carbonyl (C=O) groups is 1. The van der Waals surface area contributed by atoms with E-state index in [2.05, 4.69) is 29.7 Å². The number of hydrogen-bond acceptors (Lipinski definition) is 4. The first-order chi connectivity index (χ1) is 14.5. The number of nitrogens with zero attached hydrogens (tertiary/aromatic N) is 1. The van der Waals surface area contributed by atoms with Gasteiger partial charge in [-0.2, -0.15) is 5.10 Å². The normalized spacial score (nSPS) is 14.6. The van der Waals surface area contributed by atoms with Gasteiger partial charge < -0.3 is 9.73 Å². The molecule has 1 aliphatic carbocycles. The van der Waals surface area contributed by atoms with Crippen LogP contribution in [0.5, 0.6) is 0 Å². The van der Waals surface area contributed by atoms with Crippen molar-refractivity contribution in [3.63, 3.8) is 0 Å². The van der Waals surface area contributed by atoms with Crippen molar-refractivity contribution in [1.82, 2.24) is 0 Å². The second kappa shape index (κ2) is 8.57. The zero-order valence-electron chi connectivity index (χ0n) is 17.7. The van der Waals surface area contributed by atoms with Crippen molar-refractivity contribution in [2.75, 3.05) is 10.7 Å². The molecule has 0 radical (unpaired) electrons. The minimum absolute atomic E-state index is 0.227. The average Bonchev–Trinajstić information content (AvgIpc) is 3.11. The highest BCUT2D eigenvalue weighted by atomic mass is 16.4. The Labute approximate surface area is 177 Å². The number of hydrazone groups is 1. The van der Waals surface area contributed by atoms with Crippen molar-refractivity contribution < 1.29 is 9.21 Å². The van der Waals surface area contributed by atoms with Crippen molar-refractivity contribution in [3.05, 3.63) is 82.8 Å². The van der Waals surface area contributed by atoms with Gasteiger partial charge in [0.25, 0.3) is 5.91 Å². The fourth-order valence-electron chi connectivity index (χ4n) is 3.78. The van der Waals surface area contributed by atoms with E-state index >= 15 is 0 Å². The lowest BCUT2D eigenvalue weighted by Gasteiger charge is -2.13. The number of benzene rings is 2. The van der Waals surface area contributed by atoms with Crippen LogP contribution in [0.15, 0.2) is 64.1 Å². The van der Waals surface area contributed by atoms with Gasteiger partial charge in [-0.3, -0.25) is 10.2 Å². The highest BCUT2D eigenvalue weighted by molar-refractivity contribution is 6.09. The summed E-state index contributed by atoms with van der Waals surface area (Å²) in [6.45, 7) is 6.23. The van der Waals surface area contributed by atoms with Gasteiger partial charge >= 0.3 is 0 Å². The Hall–Kier alpha value is -3.34. The summed E-state index contributed by atoms with van der Waals surface area (Å²) >= 11 is 0. The Bertz CT molecular complexity index is 1060. The highest BCUT2D eigenvalue weighted by Gasteiger charge is 2.28. The lowest BCUT2D eigenvalue weighted by molar-refractivity contribution is 0.0994. The van der Waals surface area contributed by atoms with Crippen molar-refractivity contribution in [2.24, 2.45) is 5.10 Å². The van der Waals surface area contributed by atoms with E-state index in [4.69, 9.17) is 4.42 Å². The van der Waals surface area contributed by atoms with E-state index in [-0.39, 0.29) is 5.91 Å². The molecule has 3 aromatic rings. The Balaban J connectivity index is 1.56. The molecule has 0 spiro atoms. The summed E-state index contributed by atoms with van der Waals surface area (Å²) in [6, 6.07) is 17.8. The first-order valence-electron chi connectivity index (χ1n) is 10.4. The van der Waals surface area contributed by atoms with Crippen LogP contribution in [0.1, 0.15) is 65.6 Å². The van der Waals surface area contributed by atoms with Gasteiger partial charge in [0.1, 0.15) is 5.76 Å². The number of rotatable bonds is 5. The molecular weight excluding hydrogens is 374 g/mol. The van der Waals surface area contributed by atoms with Gasteiger partial charge in [0.05, 0.1) is 11.4 Å². The van der Waals surface area contributed by atoms with Crippen LogP contribution >= 0.6 is 0 Å². The van der Waals surface area contributed by atoms with Gasteiger partial charge in [0.2, 0.25) is 0 Å². The van der Waals surface area contributed by atoms with E-state index in [0.29, 0.717) is 11.7 Å². The van der Waals surface area contributed by atoms with E-state index in [9.17, 15) is 4.79 Å². The number of nitrogens with one attached hydrogen (secondary N) is 2. The average molecular weight is 402 g/mol. The summed E-state index contributed by atoms with van der Waals surface area (Å²) in [5.41, 5.74) is 8.79.